The Kier molecular flexibility index (Phi) is 9.44. The van der Waals surface area contributed by atoms with Crippen LogP contribution in [0.4, 0.5) is 5.69 Å². The van der Waals surface area contributed by atoms with Crippen LogP contribution in [-0.2, 0) is 38.8 Å². The van der Waals surface area contributed by atoms with Gasteiger partial charge in [-0.3, -0.25) is 25.2 Å². The van der Waals surface area contributed by atoms with E-state index >= 15 is 0 Å². The topological polar surface area (TPSA) is 190 Å². The number of fused-ring (bicyclic) bond motifs is 3. The highest BCUT2D eigenvalue weighted by Crippen LogP contribution is 2.54. The van der Waals surface area contributed by atoms with Gasteiger partial charge in [0.25, 0.3) is 5.91 Å². The summed E-state index contributed by atoms with van der Waals surface area (Å²) in [5.41, 5.74) is 4.76. The molecule has 0 bridgehead atoms. The minimum Gasteiger partial charge on any atom is -0.507 e. The zero-order valence-corrected chi connectivity index (χ0v) is 27.6. The second-order valence-corrected chi connectivity index (χ2v) is 12.4. The van der Waals surface area contributed by atoms with E-state index in [1.165, 1.54) is 22.2 Å². The molecule has 4 atom stereocenters. The number of Topliss-reactive ketones (excluding diaryl/α,β-unsaturated/α-hetero) is 2. The molecule has 6 rings (SSSR count). The van der Waals surface area contributed by atoms with E-state index in [9.17, 15) is 24.6 Å². The lowest BCUT2D eigenvalue weighted by Gasteiger charge is -2.51. The van der Waals surface area contributed by atoms with E-state index in [2.05, 4.69) is 13.2 Å². The van der Waals surface area contributed by atoms with Gasteiger partial charge in [-0.05, 0) is 53.8 Å². The van der Waals surface area contributed by atoms with Gasteiger partial charge in [-0.25, -0.2) is 0 Å². The van der Waals surface area contributed by atoms with E-state index < -0.39 is 52.3 Å². The predicted molar refractivity (Wildman–Crippen MR) is 191 cm³/mol. The fourth-order valence-electron chi connectivity index (χ4n) is 7.40. The molecule has 0 aromatic heterocycles. The number of nitrogens with zero attached hydrogens (tertiary/aromatic N) is 2. The molecule has 1 amide bonds. The second-order valence-electron chi connectivity index (χ2n) is 12.4. The number of rotatable bonds is 13. The van der Waals surface area contributed by atoms with Crippen LogP contribution in [0.15, 0.2) is 115 Å². The van der Waals surface area contributed by atoms with E-state index in [4.69, 9.17) is 26.0 Å². The van der Waals surface area contributed by atoms with Gasteiger partial charge in [0.2, 0.25) is 11.6 Å². The number of nitrogens with two attached hydrogens (primary N) is 1. The first-order valence-corrected chi connectivity index (χ1v) is 16.2. The third kappa shape index (κ3) is 5.79. The summed E-state index contributed by atoms with van der Waals surface area (Å²) in [5, 5.41) is 40.5. The number of carbonyl (C=O) groups excluding carboxylic acids is 3. The van der Waals surface area contributed by atoms with Gasteiger partial charge in [0.1, 0.15) is 36.1 Å². The quantitative estimate of drug-likeness (QED) is 0.0743. The number of hydrogen-bond acceptors (Lipinski definition) is 9. The third-order valence-corrected chi connectivity index (χ3v) is 9.75. The molecule has 6 N–H and O–H groups in total. The molecule has 0 aliphatic heterocycles. The summed E-state index contributed by atoms with van der Waals surface area (Å²) >= 11 is 0. The summed E-state index contributed by atoms with van der Waals surface area (Å²) in [6, 6.07) is 20.4. The Hall–Kier alpha value is -6.27. The van der Waals surface area contributed by atoms with Gasteiger partial charge in [-0.15, -0.1) is 0 Å². The highest BCUT2D eigenvalue weighted by atomic mass is 16.5. The van der Waals surface area contributed by atoms with Crippen LogP contribution in [0.25, 0.3) is 5.76 Å². The standard InChI is InChI=1S/C39H37N5O7/c1-3-43(21-40)28-15-16-29(50-19-23-11-7-5-8-12-23)31-26(28)17-25-18-27-33(44(4-2)22-41)35(51-20-24-13-9-6-10-14-24)32(38(42)48)37(47)39(27,49)36(46)30(25)34(31)45/h3-16,21-22,25,27,33,40-41,45,49H,1-2,17-20H2,(H2,42,48)/t25-,27-,33-,39-/m0/s1. The third-order valence-electron chi connectivity index (χ3n) is 9.75. The minimum atomic E-state index is -2.86. The molecule has 51 heavy (non-hydrogen) atoms. The SMILES string of the molecule is C=CN(C=N)c1ccc(OCc2ccccc2)c2c1C[C@H]1C[C@H]3[C@H](N(C=C)C=N)C(OCc4ccccc4)=C(C(N)=O)C(=O)[C@@]3(O)C(=O)C1=C2O. The van der Waals surface area contributed by atoms with Crippen LogP contribution < -0.4 is 15.4 Å². The van der Waals surface area contributed by atoms with Crippen LogP contribution in [0, 0.1) is 22.7 Å². The highest BCUT2D eigenvalue weighted by molar-refractivity contribution is 6.33. The fraction of sp³-hybridized carbons (Fsp3) is 0.205. The van der Waals surface area contributed by atoms with E-state index in [0.29, 0.717) is 16.8 Å². The van der Waals surface area contributed by atoms with Crippen molar-refractivity contribution in [2.45, 2.75) is 37.7 Å². The van der Waals surface area contributed by atoms with E-state index in [1.807, 2.05) is 36.4 Å². The van der Waals surface area contributed by atoms with Crippen LogP contribution >= 0.6 is 0 Å². The number of ketones is 2. The normalized spacial score (nSPS) is 22.2. The lowest BCUT2D eigenvalue weighted by atomic mass is 9.57. The van der Waals surface area contributed by atoms with Crippen LogP contribution in [0.1, 0.15) is 28.7 Å². The maximum atomic E-state index is 14.7. The van der Waals surface area contributed by atoms with Crippen molar-refractivity contribution in [1.29, 1.82) is 10.8 Å². The summed E-state index contributed by atoms with van der Waals surface area (Å²) < 4.78 is 12.3. The molecule has 3 aromatic rings. The molecule has 260 valence electrons. The molecule has 3 aliphatic rings. The number of hydrogen-bond donors (Lipinski definition) is 5. The molecular weight excluding hydrogens is 650 g/mol. The van der Waals surface area contributed by atoms with Crippen LogP contribution in [0.2, 0.25) is 0 Å². The van der Waals surface area contributed by atoms with Crippen LogP contribution in [-0.4, -0.2) is 56.9 Å². The van der Waals surface area contributed by atoms with Gasteiger partial charge < -0.3 is 35.2 Å². The van der Waals surface area contributed by atoms with E-state index in [-0.39, 0.29) is 48.7 Å². The molecular formula is C39H37N5O7. The van der Waals surface area contributed by atoms with Gasteiger partial charge in [0.15, 0.2) is 5.60 Å². The highest BCUT2D eigenvalue weighted by Gasteiger charge is 2.65. The van der Waals surface area contributed by atoms with Gasteiger partial charge in [-0.1, -0.05) is 73.8 Å². The molecule has 3 aromatic carbocycles. The van der Waals surface area contributed by atoms with Crippen molar-refractivity contribution >= 4 is 41.6 Å². The van der Waals surface area contributed by atoms with Crippen molar-refractivity contribution in [2.75, 3.05) is 4.90 Å². The monoisotopic (exact) mass is 687 g/mol. The van der Waals surface area contributed by atoms with Crippen LogP contribution in [0.5, 0.6) is 5.75 Å². The summed E-state index contributed by atoms with van der Waals surface area (Å²) in [6.45, 7) is 7.64. The van der Waals surface area contributed by atoms with Crippen LogP contribution in [0.3, 0.4) is 0 Å². The first-order valence-electron chi connectivity index (χ1n) is 16.2. The van der Waals surface area contributed by atoms with Gasteiger partial charge in [-0.2, -0.15) is 0 Å². The van der Waals surface area contributed by atoms with Gasteiger partial charge in [0.05, 0.1) is 30.0 Å². The Bertz CT molecular complexity index is 1990. The number of anilines is 1. The summed E-state index contributed by atoms with van der Waals surface area (Å²) in [4.78, 5) is 44.6. The van der Waals surface area contributed by atoms with Crippen molar-refractivity contribution in [3.05, 3.63) is 138 Å². The zero-order valence-electron chi connectivity index (χ0n) is 27.6. The largest absolute Gasteiger partial charge is 0.507 e. The molecule has 0 unspecified atom stereocenters. The lowest BCUT2D eigenvalue weighted by Crippen LogP contribution is -2.67. The number of carbonyl (C=O) groups is 3. The van der Waals surface area contributed by atoms with Gasteiger partial charge in [0, 0.05) is 17.7 Å². The Labute approximate surface area is 294 Å². The van der Waals surface area contributed by atoms with E-state index in [1.54, 1.807) is 36.4 Å². The first kappa shape index (κ1) is 34.6. The Morgan fingerprint density at radius 2 is 1.55 bits per heavy atom. The molecule has 12 nitrogen and oxygen atoms in total. The summed E-state index contributed by atoms with van der Waals surface area (Å²) in [6.07, 6.45) is 4.72. The molecule has 0 spiro atoms. The number of aliphatic hydroxyl groups is 2. The Morgan fingerprint density at radius 1 is 0.922 bits per heavy atom. The fourth-order valence-corrected chi connectivity index (χ4v) is 7.40. The number of aliphatic hydroxyl groups excluding tert-OH is 1. The van der Waals surface area contributed by atoms with Crippen molar-refractivity contribution < 1.29 is 34.1 Å². The second kappa shape index (κ2) is 13.9. The van der Waals surface area contributed by atoms with Crippen molar-refractivity contribution in [1.82, 2.24) is 4.90 Å². The maximum Gasteiger partial charge on any atom is 0.255 e. The molecule has 3 aliphatic carbocycles. The van der Waals surface area contributed by atoms with Crippen molar-refractivity contribution in [2.24, 2.45) is 17.6 Å². The smallest absolute Gasteiger partial charge is 0.255 e. The van der Waals surface area contributed by atoms with Gasteiger partial charge >= 0.3 is 0 Å². The Balaban J connectivity index is 1.51. The average molecular weight is 688 g/mol. The molecule has 0 radical (unpaired) electrons. The number of primary amides is 1. The maximum absolute atomic E-state index is 14.7. The average Bonchev–Trinajstić information content (AvgIpc) is 3.14. The number of nitrogens with one attached hydrogen (secondary N) is 2. The van der Waals surface area contributed by atoms with E-state index in [0.717, 1.165) is 18.2 Å². The first-order chi connectivity index (χ1) is 24.6. The molecule has 0 heterocycles. The zero-order chi connectivity index (χ0) is 36.4. The Morgan fingerprint density at radius 3 is 2.10 bits per heavy atom. The molecule has 1 fully saturated rings. The molecule has 12 heteroatoms. The predicted octanol–water partition coefficient (Wildman–Crippen LogP) is 4.54. The lowest BCUT2D eigenvalue weighted by molar-refractivity contribution is -0.161. The summed E-state index contributed by atoms with van der Waals surface area (Å²) in [5.74, 6) is -6.06. The van der Waals surface area contributed by atoms with Crippen molar-refractivity contribution in [3.8, 4) is 5.75 Å². The van der Waals surface area contributed by atoms with Crippen molar-refractivity contribution in [3.63, 3.8) is 0 Å². The number of benzene rings is 3. The molecule has 0 saturated heterocycles. The summed E-state index contributed by atoms with van der Waals surface area (Å²) in [7, 11) is 0. The molecule has 1 saturated carbocycles. The minimum absolute atomic E-state index is 0.0624. The number of ether oxygens (including phenoxy) is 2. The number of amides is 1.